The second-order valence-electron chi connectivity index (χ2n) is 9.78. The van der Waals surface area contributed by atoms with Crippen LogP contribution in [0.2, 0.25) is 0 Å². The first kappa shape index (κ1) is 26.9. The van der Waals surface area contributed by atoms with Crippen molar-refractivity contribution in [2.75, 3.05) is 6.54 Å². The van der Waals surface area contributed by atoms with Gasteiger partial charge in [0.05, 0.1) is 23.0 Å². The third kappa shape index (κ3) is 6.92. The molecule has 3 rings (SSSR count). The fourth-order valence-corrected chi connectivity index (χ4v) is 5.56. The summed E-state index contributed by atoms with van der Waals surface area (Å²) in [6.45, 7) is 10.9. The summed E-state index contributed by atoms with van der Waals surface area (Å²) in [6.07, 6.45) is 6.72. The van der Waals surface area contributed by atoms with Gasteiger partial charge in [0.25, 0.3) is 5.91 Å². The lowest BCUT2D eigenvalue weighted by atomic mass is 9.80. The van der Waals surface area contributed by atoms with Gasteiger partial charge in [0.2, 0.25) is 0 Å². The van der Waals surface area contributed by atoms with Crippen LogP contribution in [-0.4, -0.2) is 29.1 Å². The Kier molecular flexibility index (Phi) is 9.09. The van der Waals surface area contributed by atoms with Crippen LogP contribution in [-0.2, 0) is 16.0 Å². The number of allylic oxidation sites excluding steroid dienone is 2. The predicted octanol–water partition coefficient (Wildman–Crippen LogP) is 6.81. The molecule has 1 aliphatic rings. The van der Waals surface area contributed by atoms with Crippen LogP contribution in [0.4, 0.5) is 0 Å². The first-order valence-electron chi connectivity index (χ1n) is 12.4. The molecule has 1 aromatic carbocycles. The first-order valence-corrected chi connectivity index (χ1v) is 13.2. The maximum atomic E-state index is 12.5. The molecule has 0 spiro atoms. The van der Waals surface area contributed by atoms with Crippen LogP contribution in [0.25, 0.3) is 5.57 Å². The molecule has 2 aromatic rings. The number of carboxylic acids is 1. The van der Waals surface area contributed by atoms with Crippen molar-refractivity contribution in [2.45, 2.75) is 72.0 Å². The summed E-state index contributed by atoms with van der Waals surface area (Å²) in [5, 5.41) is 11.5. The highest BCUT2D eigenvalue weighted by Crippen LogP contribution is 2.44. The minimum Gasteiger partial charge on any atom is -0.481 e. The van der Waals surface area contributed by atoms with Crippen LogP contribution in [0.5, 0.6) is 0 Å². The largest absolute Gasteiger partial charge is 0.481 e. The summed E-state index contributed by atoms with van der Waals surface area (Å²) >= 11 is 1.42. The molecule has 1 aliphatic carbocycles. The van der Waals surface area contributed by atoms with Crippen molar-refractivity contribution in [1.29, 1.82) is 0 Å². The van der Waals surface area contributed by atoms with E-state index >= 15 is 0 Å². The monoisotopic (exact) mass is 495 g/mol. The lowest BCUT2D eigenvalue weighted by Gasteiger charge is -2.39. The van der Waals surface area contributed by atoms with E-state index in [0.717, 1.165) is 24.1 Å². The zero-order valence-electron chi connectivity index (χ0n) is 21.4. The molecule has 6 heteroatoms. The molecular weight excluding hydrogens is 458 g/mol. The van der Waals surface area contributed by atoms with E-state index in [1.807, 2.05) is 6.07 Å². The SMILES string of the molecule is CCc1ccc(C2=C(C)C=CC[C@]2(C)O[C@H](CC(C)C)c2ccc(C(=O)NCCC(=O)O)s2)cc1. The van der Waals surface area contributed by atoms with Gasteiger partial charge in [0.1, 0.15) is 0 Å². The first-order chi connectivity index (χ1) is 16.6. The predicted molar refractivity (Wildman–Crippen MR) is 143 cm³/mol. The Hall–Kier alpha value is -2.70. The molecule has 188 valence electrons. The second kappa shape index (κ2) is 11.8. The molecule has 0 unspecified atom stereocenters. The van der Waals surface area contributed by atoms with Crippen molar-refractivity contribution in [3.63, 3.8) is 0 Å². The molecule has 0 saturated heterocycles. The molecule has 1 aromatic heterocycles. The van der Waals surface area contributed by atoms with E-state index in [2.05, 4.69) is 76.4 Å². The zero-order chi connectivity index (χ0) is 25.6. The summed E-state index contributed by atoms with van der Waals surface area (Å²) in [4.78, 5) is 24.8. The Bertz CT molecular complexity index is 1100. The van der Waals surface area contributed by atoms with Gasteiger partial charge in [-0.3, -0.25) is 9.59 Å². The number of carbonyl (C=O) groups excluding carboxylic acids is 1. The molecule has 1 amide bonds. The number of ether oxygens (including phenoxy) is 1. The third-order valence-corrected chi connectivity index (χ3v) is 7.51. The molecule has 1 heterocycles. The van der Waals surface area contributed by atoms with Crippen LogP contribution < -0.4 is 5.32 Å². The zero-order valence-corrected chi connectivity index (χ0v) is 22.2. The molecule has 35 heavy (non-hydrogen) atoms. The number of benzene rings is 1. The molecule has 0 fully saturated rings. The van der Waals surface area contributed by atoms with Crippen LogP contribution in [0.1, 0.15) is 85.7 Å². The maximum Gasteiger partial charge on any atom is 0.305 e. The summed E-state index contributed by atoms with van der Waals surface area (Å²) < 4.78 is 6.97. The number of aryl methyl sites for hydroxylation is 1. The number of rotatable bonds is 11. The highest BCUT2D eigenvalue weighted by atomic mass is 32.1. The smallest absolute Gasteiger partial charge is 0.305 e. The number of aliphatic carboxylic acids is 1. The van der Waals surface area contributed by atoms with Crippen LogP contribution in [0.15, 0.2) is 54.1 Å². The van der Waals surface area contributed by atoms with Gasteiger partial charge in [-0.15, -0.1) is 11.3 Å². The van der Waals surface area contributed by atoms with Crippen molar-refractivity contribution < 1.29 is 19.4 Å². The quantitative estimate of drug-likeness (QED) is 0.359. The van der Waals surface area contributed by atoms with Gasteiger partial charge < -0.3 is 15.2 Å². The molecule has 0 saturated carbocycles. The van der Waals surface area contributed by atoms with Crippen molar-refractivity contribution in [3.05, 3.63) is 75.0 Å². The van der Waals surface area contributed by atoms with Gasteiger partial charge >= 0.3 is 5.97 Å². The fraction of sp³-hybridized carbons (Fsp3) is 0.448. The van der Waals surface area contributed by atoms with Gasteiger partial charge in [0.15, 0.2) is 0 Å². The molecule has 2 atom stereocenters. The van der Waals surface area contributed by atoms with E-state index in [9.17, 15) is 9.59 Å². The fourth-order valence-electron chi connectivity index (χ4n) is 4.59. The summed E-state index contributed by atoms with van der Waals surface area (Å²) in [5.74, 6) is -0.763. The number of nitrogens with one attached hydrogen (secondary N) is 1. The van der Waals surface area contributed by atoms with E-state index in [1.54, 1.807) is 6.07 Å². The average molecular weight is 496 g/mol. The molecule has 0 bridgehead atoms. The van der Waals surface area contributed by atoms with Crippen molar-refractivity contribution in [1.82, 2.24) is 5.32 Å². The Morgan fingerprint density at radius 3 is 2.51 bits per heavy atom. The lowest BCUT2D eigenvalue weighted by Crippen LogP contribution is -2.34. The van der Waals surface area contributed by atoms with E-state index in [1.165, 1.54) is 33.6 Å². The molecular formula is C29H37NO4S. The van der Waals surface area contributed by atoms with Crippen LogP contribution >= 0.6 is 11.3 Å². The Balaban J connectivity index is 1.87. The van der Waals surface area contributed by atoms with Crippen molar-refractivity contribution in [3.8, 4) is 0 Å². The van der Waals surface area contributed by atoms with E-state index in [-0.39, 0.29) is 25.0 Å². The Labute approximate surface area is 212 Å². The van der Waals surface area contributed by atoms with Gasteiger partial charge in [-0.1, -0.05) is 57.2 Å². The molecule has 5 nitrogen and oxygen atoms in total. The minimum absolute atomic E-state index is 0.0946. The maximum absolute atomic E-state index is 12.5. The number of thiophene rings is 1. The highest BCUT2D eigenvalue weighted by Gasteiger charge is 2.36. The standard InChI is InChI=1S/C29H37NO4S/c1-6-21-9-11-22(12-10-21)27-20(4)8-7-16-29(27,5)34-23(18-19(2)3)24-13-14-25(35-24)28(33)30-17-15-26(31)32/h7-14,19,23H,6,15-18H2,1-5H3,(H,30,33)(H,31,32)/t23-,29+/m1/s1. The lowest BCUT2D eigenvalue weighted by molar-refractivity contribution is -0.136. The molecule has 2 N–H and O–H groups in total. The van der Waals surface area contributed by atoms with Gasteiger partial charge in [-0.2, -0.15) is 0 Å². The van der Waals surface area contributed by atoms with E-state index in [4.69, 9.17) is 9.84 Å². The number of hydrogen-bond acceptors (Lipinski definition) is 4. The molecule has 0 aliphatic heterocycles. The number of hydrogen-bond donors (Lipinski definition) is 2. The number of carboxylic acid groups (broad SMARTS) is 1. The minimum atomic E-state index is -0.930. The second-order valence-corrected chi connectivity index (χ2v) is 10.9. The van der Waals surface area contributed by atoms with Crippen molar-refractivity contribution >= 4 is 28.8 Å². The third-order valence-electron chi connectivity index (χ3n) is 6.33. The van der Waals surface area contributed by atoms with Gasteiger partial charge in [-0.25, -0.2) is 0 Å². The summed E-state index contributed by atoms with van der Waals surface area (Å²) in [7, 11) is 0. The highest BCUT2D eigenvalue weighted by molar-refractivity contribution is 7.14. The van der Waals surface area contributed by atoms with Gasteiger partial charge in [-0.05, 0) is 73.4 Å². The number of carbonyl (C=O) groups is 2. The normalized spacial score (nSPS) is 18.7. The van der Waals surface area contributed by atoms with Crippen LogP contribution in [0.3, 0.4) is 0 Å². The van der Waals surface area contributed by atoms with Crippen molar-refractivity contribution in [2.24, 2.45) is 5.92 Å². The number of amides is 1. The topological polar surface area (TPSA) is 75.6 Å². The van der Waals surface area contributed by atoms with Crippen LogP contribution in [0, 0.1) is 5.92 Å². The molecule has 0 radical (unpaired) electrons. The average Bonchev–Trinajstić information content (AvgIpc) is 3.29. The van der Waals surface area contributed by atoms with Gasteiger partial charge in [0, 0.05) is 11.4 Å². The summed E-state index contributed by atoms with van der Waals surface area (Å²) in [5.41, 5.74) is 4.40. The van der Waals surface area contributed by atoms with E-state index < -0.39 is 11.6 Å². The van der Waals surface area contributed by atoms with E-state index in [0.29, 0.717) is 10.8 Å². The summed E-state index contributed by atoms with van der Waals surface area (Å²) in [6, 6.07) is 12.5. The Morgan fingerprint density at radius 2 is 1.89 bits per heavy atom. The Morgan fingerprint density at radius 1 is 1.17 bits per heavy atom.